The fourth-order valence-electron chi connectivity index (χ4n) is 2.84. The Balaban J connectivity index is 3.01. The van der Waals surface area contributed by atoms with Crippen LogP contribution in [0, 0.1) is 10.8 Å². The van der Waals surface area contributed by atoms with E-state index in [2.05, 4.69) is 41.5 Å². The molecule has 0 aliphatic heterocycles. The lowest BCUT2D eigenvalue weighted by Crippen LogP contribution is -2.51. The van der Waals surface area contributed by atoms with Crippen LogP contribution in [0.4, 0.5) is 0 Å². The Morgan fingerprint density at radius 3 is 1.90 bits per heavy atom. The predicted molar refractivity (Wildman–Crippen MR) is 85.0 cm³/mol. The van der Waals surface area contributed by atoms with Crippen LogP contribution in [0.2, 0.25) is 0 Å². The van der Waals surface area contributed by atoms with Crippen LogP contribution in [0.15, 0.2) is 30.3 Å². The van der Waals surface area contributed by atoms with E-state index in [1.807, 2.05) is 37.3 Å². The van der Waals surface area contributed by atoms with Gasteiger partial charge in [0, 0.05) is 18.9 Å². The van der Waals surface area contributed by atoms with Gasteiger partial charge in [0.15, 0.2) is 0 Å². The van der Waals surface area contributed by atoms with E-state index in [9.17, 15) is 0 Å². The molecular formula is C18H30O2. The van der Waals surface area contributed by atoms with Crippen LogP contribution in [-0.4, -0.2) is 12.4 Å². The first-order valence-electron chi connectivity index (χ1n) is 7.48. The fraction of sp³-hybridized carbons (Fsp3) is 0.667. The van der Waals surface area contributed by atoms with Crippen molar-refractivity contribution < 1.29 is 9.47 Å². The first kappa shape index (κ1) is 17.0. The van der Waals surface area contributed by atoms with E-state index in [1.165, 1.54) is 0 Å². The summed E-state index contributed by atoms with van der Waals surface area (Å²) in [7, 11) is 0. The molecule has 0 fully saturated rings. The van der Waals surface area contributed by atoms with Gasteiger partial charge in [0.05, 0.1) is 0 Å². The van der Waals surface area contributed by atoms with Crippen LogP contribution < -0.4 is 4.74 Å². The molecule has 0 N–H and O–H groups in total. The van der Waals surface area contributed by atoms with Gasteiger partial charge >= 0.3 is 0 Å². The summed E-state index contributed by atoms with van der Waals surface area (Å²) in [4.78, 5) is 0. The molecule has 0 saturated carbocycles. The summed E-state index contributed by atoms with van der Waals surface area (Å²) < 4.78 is 12.3. The van der Waals surface area contributed by atoms with Crippen molar-refractivity contribution in [3.63, 3.8) is 0 Å². The monoisotopic (exact) mass is 278 g/mol. The molecule has 0 radical (unpaired) electrons. The molecule has 0 saturated heterocycles. The molecule has 2 nitrogen and oxygen atoms in total. The summed E-state index contributed by atoms with van der Waals surface area (Å²) in [6, 6.07) is 9.91. The third-order valence-electron chi connectivity index (χ3n) is 3.68. The molecule has 1 aromatic carbocycles. The lowest BCUT2D eigenvalue weighted by molar-refractivity contribution is -0.239. The molecule has 0 bridgehead atoms. The van der Waals surface area contributed by atoms with Crippen molar-refractivity contribution in [1.82, 2.24) is 0 Å². The van der Waals surface area contributed by atoms with Gasteiger partial charge in [-0.1, -0.05) is 52.8 Å². The second kappa shape index (κ2) is 6.17. The average molecular weight is 278 g/mol. The number of ether oxygens (including phenoxy) is 2. The van der Waals surface area contributed by atoms with Gasteiger partial charge in [-0.3, -0.25) is 0 Å². The molecule has 1 atom stereocenters. The number of rotatable bonds is 6. The molecule has 1 rings (SSSR count). The summed E-state index contributed by atoms with van der Waals surface area (Å²) in [5.41, 5.74) is 0.124. The molecule has 0 aliphatic rings. The maximum Gasteiger partial charge on any atom is 0.212 e. The van der Waals surface area contributed by atoms with E-state index in [0.29, 0.717) is 6.61 Å². The van der Waals surface area contributed by atoms with Crippen LogP contribution >= 0.6 is 0 Å². The van der Waals surface area contributed by atoms with Crippen molar-refractivity contribution in [2.45, 2.75) is 60.7 Å². The zero-order valence-corrected chi connectivity index (χ0v) is 14.1. The maximum atomic E-state index is 6.23. The topological polar surface area (TPSA) is 18.5 Å². The minimum atomic E-state index is -0.642. The second-order valence-electron chi connectivity index (χ2n) is 7.42. The quantitative estimate of drug-likeness (QED) is 0.659. The fourth-order valence-corrected chi connectivity index (χ4v) is 2.84. The van der Waals surface area contributed by atoms with Gasteiger partial charge < -0.3 is 9.47 Å². The molecule has 1 unspecified atom stereocenters. The first-order valence-corrected chi connectivity index (χ1v) is 7.48. The standard InChI is InChI=1S/C18H30O2/c1-8-19-18(7,17(5,6)14-16(2,3)4)20-15-12-10-9-11-13-15/h9-13H,8,14H2,1-7H3. The smallest absolute Gasteiger partial charge is 0.212 e. The van der Waals surface area contributed by atoms with E-state index in [-0.39, 0.29) is 10.8 Å². The number of benzene rings is 1. The average Bonchev–Trinajstić information content (AvgIpc) is 2.27. The third-order valence-corrected chi connectivity index (χ3v) is 3.68. The van der Waals surface area contributed by atoms with Gasteiger partial charge in [0.1, 0.15) is 5.75 Å². The van der Waals surface area contributed by atoms with E-state index < -0.39 is 5.79 Å². The van der Waals surface area contributed by atoms with Crippen molar-refractivity contribution in [1.29, 1.82) is 0 Å². The Bertz CT molecular complexity index is 403. The lowest BCUT2D eigenvalue weighted by Gasteiger charge is -2.46. The Kier molecular flexibility index (Phi) is 5.26. The lowest BCUT2D eigenvalue weighted by atomic mass is 9.71. The number of hydrogen-bond donors (Lipinski definition) is 0. The van der Waals surface area contributed by atoms with Gasteiger partial charge in [0.25, 0.3) is 0 Å². The van der Waals surface area contributed by atoms with E-state index in [0.717, 1.165) is 12.2 Å². The number of para-hydroxylation sites is 1. The molecule has 0 heterocycles. The largest absolute Gasteiger partial charge is 0.462 e. The summed E-state index contributed by atoms with van der Waals surface area (Å²) in [5.74, 6) is 0.210. The highest BCUT2D eigenvalue weighted by Gasteiger charge is 2.46. The summed E-state index contributed by atoms with van der Waals surface area (Å²) >= 11 is 0. The maximum absolute atomic E-state index is 6.23. The Morgan fingerprint density at radius 2 is 1.45 bits per heavy atom. The SMILES string of the molecule is CCOC(C)(Oc1ccccc1)C(C)(C)CC(C)(C)C. The Morgan fingerprint density at radius 1 is 0.900 bits per heavy atom. The highest BCUT2D eigenvalue weighted by atomic mass is 16.7. The van der Waals surface area contributed by atoms with Gasteiger partial charge in [0.2, 0.25) is 5.79 Å². The van der Waals surface area contributed by atoms with Crippen molar-refractivity contribution in [3.8, 4) is 5.75 Å². The van der Waals surface area contributed by atoms with Gasteiger partial charge in [-0.25, -0.2) is 0 Å². The third kappa shape index (κ3) is 4.52. The molecule has 20 heavy (non-hydrogen) atoms. The molecule has 2 heteroatoms. The highest BCUT2D eigenvalue weighted by Crippen LogP contribution is 2.44. The summed E-state index contributed by atoms with van der Waals surface area (Å²) in [5, 5.41) is 0. The molecule has 1 aromatic rings. The van der Waals surface area contributed by atoms with Gasteiger partial charge in [-0.05, 0) is 30.9 Å². The highest BCUT2D eigenvalue weighted by molar-refractivity contribution is 5.22. The van der Waals surface area contributed by atoms with E-state index in [1.54, 1.807) is 0 Å². The molecule has 0 aliphatic carbocycles. The van der Waals surface area contributed by atoms with Gasteiger partial charge in [-0.2, -0.15) is 0 Å². The van der Waals surface area contributed by atoms with Crippen LogP contribution in [0.3, 0.4) is 0 Å². The Hall–Kier alpha value is -1.02. The Labute approximate surface area is 124 Å². The van der Waals surface area contributed by atoms with E-state index >= 15 is 0 Å². The van der Waals surface area contributed by atoms with Crippen LogP contribution in [-0.2, 0) is 4.74 Å². The molecule has 0 spiro atoms. The first-order chi connectivity index (χ1) is 9.10. The van der Waals surface area contributed by atoms with Crippen molar-refractivity contribution in [2.24, 2.45) is 10.8 Å². The minimum Gasteiger partial charge on any atom is -0.462 e. The summed E-state index contributed by atoms with van der Waals surface area (Å²) in [6.45, 7) is 15.9. The molecule has 0 amide bonds. The second-order valence-corrected chi connectivity index (χ2v) is 7.42. The predicted octanol–water partition coefficient (Wildman–Crippen LogP) is 5.28. The zero-order chi connectivity index (χ0) is 15.4. The van der Waals surface area contributed by atoms with Crippen LogP contribution in [0.1, 0.15) is 54.9 Å². The normalized spacial score (nSPS) is 15.8. The minimum absolute atomic E-state index is 0.100. The van der Waals surface area contributed by atoms with Crippen molar-refractivity contribution >= 4 is 0 Å². The molecular weight excluding hydrogens is 248 g/mol. The van der Waals surface area contributed by atoms with Gasteiger partial charge in [-0.15, -0.1) is 0 Å². The zero-order valence-electron chi connectivity index (χ0n) is 14.1. The van der Waals surface area contributed by atoms with Crippen molar-refractivity contribution in [2.75, 3.05) is 6.61 Å². The molecule has 0 aromatic heterocycles. The summed E-state index contributed by atoms with van der Waals surface area (Å²) in [6.07, 6.45) is 1.02. The molecule has 114 valence electrons. The van der Waals surface area contributed by atoms with Crippen LogP contribution in [0.25, 0.3) is 0 Å². The van der Waals surface area contributed by atoms with Crippen molar-refractivity contribution in [3.05, 3.63) is 30.3 Å². The van der Waals surface area contributed by atoms with E-state index in [4.69, 9.17) is 9.47 Å². The number of hydrogen-bond acceptors (Lipinski definition) is 2. The van der Waals surface area contributed by atoms with Crippen LogP contribution in [0.5, 0.6) is 5.75 Å².